The molecular weight excluding hydrogens is 440 g/mol. The van der Waals surface area contributed by atoms with Gasteiger partial charge in [-0.05, 0) is 0 Å². The van der Waals surface area contributed by atoms with Gasteiger partial charge in [-0.15, -0.1) is 0 Å². The molecule has 0 aliphatic carbocycles. The predicted molar refractivity (Wildman–Crippen MR) is 148 cm³/mol. The van der Waals surface area contributed by atoms with Crippen LogP contribution in [-0.4, -0.2) is 19.9 Å². The van der Waals surface area contributed by atoms with Gasteiger partial charge in [0.1, 0.15) is 11.4 Å². The average molecular weight is 465 g/mol. The zero-order valence-electron chi connectivity index (χ0n) is 19.8. The molecule has 0 aliphatic rings. The lowest BCUT2D eigenvalue weighted by Gasteiger charge is -2.13. The Morgan fingerprint density at radius 1 is 0.556 bits per heavy atom. The Morgan fingerprint density at radius 3 is 1.56 bits per heavy atom. The van der Waals surface area contributed by atoms with Gasteiger partial charge >= 0.3 is 0 Å². The standard InChI is InChI=1S/C32H24N4/c1-3-14-23(4-2)29-31(25-17-10-6-11-18-25)35-27(21-33-29)28-22-34-30(24-15-8-5-9-16-24)32(36-28)26-19-12-7-13-20-26/h3-22H,1-2H2/b23-14+. The van der Waals surface area contributed by atoms with Crippen LogP contribution in [0.5, 0.6) is 0 Å². The van der Waals surface area contributed by atoms with E-state index in [9.17, 15) is 0 Å². The van der Waals surface area contributed by atoms with Crippen LogP contribution in [0.2, 0.25) is 0 Å². The third-order valence-corrected chi connectivity index (χ3v) is 5.74. The molecule has 2 aromatic heterocycles. The van der Waals surface area contributed by atoms with Crippen LogP contribution >= 0.6 is 0 Å². The molecule has 4 heteroatoms. The lowest BCUT2D eigenvalue weighted by atomic mass is 10.0. The molecule has 0 radical (unpaired) electrons. The Morgan fingerprint density at radius 2 is 1.03 bits per heavy atom. The normalized spacial score (nSPS) is 11.2. The molecule has 0 spiro atoms. The van der Waals surface area contributed by atoms with E-state index in [1.165, 1.54) is 0 Å². The van der Waals surface area contributed by atoms with Crippen molar-refractivity contribution in [2.45, 2.75) is 0 Å². The minimum atomic E-state index is 0.643. The van der Waals surface area contributed by atoms with E-state index in [1.54, 1.807) is 24.5 Å². The fourth-order valence-electron chi connectivity index (χ4n) is 4.01. The Hall–Kier alpha value is -4.96. The molecule has 0 saturated carbocycles. The topological polar surface area (TPSA) is 51.6 Å². The van der Waals surface area contributed by atoms with Gasteiger partial charge in [-0.1, -0.05) is 122 Å². The van der Waals surface area contributed by atoms with Gasteiger partial charge in [-0.25, -0.2) is 9.97 Å². The van der Waals surface area contributed by atoms with Crippen LogP contribution < -0.4 is 0 Å². The molecule has 5 rings (SSSR count). The Bertz CT molecular complexity index is 1540. The van der Waals surface area contributed by atoms with Gasteiger partial charge in [0.2, 0.25) is 0 Å². The third-order valence-electron chi connectivity index (χ3n) is 5.74. The summed E-state index contributed by atoms with van der Waals surface area (Å²) in [5.41, 5.74) is 8.18. The van der Waals surface area contributed by atoms with Crippen LogP contribution in [-0.2, 0) is 0 Å². The molecule has 5 aromatic rings. The summed E-state index contributed by atoms with van der Waals surface area (Å²) in [6.07, 6.45) is 8.87. The monoisotopic (exact) mass is 464 g/mol. The number of benzene rings is 3. The van der Waals surface area contributed by atoms with Crippen molar-refractivity contribution in [1.82, 2.24) is 19.9 Å². The van der Waals surface area contributed by atoms with Crippen molar-refractivity contribution in [2.24, 2.45) is 0 Å². The molecule has 0 atom stereocenters. The highest BCUT2D eigenvalue weighted by atomic mass is 14.9. The van der Waals surface area contributed by atoms with Crippen molar-refractivity contribution < 1.29 is 0 Å². The van der Waals surface area contributed by atoms with E-state index in [-0.39, 0.29) is 0 Å². The SMILES string of the molecule is C=C/C=C(\C=C)c1ncc(-c2cnc(-c3ccccc3)c(-c3ccccc3)n2)nc1-c1ccccc1. The highest BCUT2D eigenvalue weighted by Crippen LogP contribution is 2.32. The van der Waals surface area contributed by atoms with Gasteiger partial charge in [0, 0.05) is 22.3 Å². The van der Waals surface area contributed by atoms with E-state index in [0.717, 1.165) is 45.0 Å². The van der Waals surface area contributed by atoms with Crippen LogP contribution in [0.15, 0.2) is 135 Å². The third kappa shape index (κ3) is 4.65. The second-order valence-corrected chi connectivity index (χ2v) is 8.06. The van der Waals surface area contributed by atoms with Gasteiger partial charge in [0.25, 0.3) is 0 Å². The van der Waals surface area contributed by atoms with Crippen LogP contribution in [0, 0.1) is 0 Å². The second-order valence-electron chi connectivity index (χ2n) is 8.06. The maximum atomic E-state index is 5.04. The van der Waals surface area contributed by atoms with E-state index in [2.05, 4.69) is 13.2 Å². The Kier molecular flexibility index (Phi) is 6.68. The minimum Gasteiger partial charge on any atom is -0.252 e. The summed E-state index contributed by atoms with van der Waals surface area (Å²) in [7, 11) is 0. The Balaban J connectivity index is 1.70. The quantitative estimate of drug-likeness (QED) is 0.232. The van der Waals surface area contributed by atoms with Crippen LogP contribution in [0.1, 0.15) is 5.69 Å². The van der Waals surface area contributed by atoms with Crippen molar-refractivity contribution >= 4 is 5.57 Å². The summed E-state index contributed by atoms with van der Waals surface area (Å²) in [4.78, 5) is 19.7. The first-order chi connectivity index (χ1) is 17.8. The van der Waals surface area contributed by atoms with Crippen molar-refractivity contribution in [1.29, 1.82) is 0 Å². The molecule has 0 bridgehead atoms. The second kappa shape index (κ2) is 10.5. The number of hydrogen-bond donors (Lipinski definition) is 0. The summed E-state index contributed by atoms with van der Waals surface area (Å²) >= 11 is 0. The van der Waals surface area contributed by atoms with Gasteiger partial charge in [-0.3, -0.25) is 9.97 Å². The molecule has 172 valence electrons. The van der Waals surface area contributed by atoms with E-state index in [0.29, 0.717) is 11.4 Å². The molecule has 0 amide bonds. The first kappa shape index (κ1) is 22.8. The zero-order valence-corrected chi connectivity index (χ0v) is 19.8. The van der Waals surface area contributed by atoms with Gasteiger partial charge in [-0.2, -0.15) is 0 Å². The van der Waals surface area contributed by atoms with Crippen molar-refractivity contribution in [3.8, 4) is 45.2 Å². The minimum absolute atomic E-state index is 0.643. The summed E-state index contributed by atoms with van der Waals surface area (Å²) in [5.74, 6) is 0. The van der Waals surface area contributed by atoms with Gasteiger partial charge in [0.15, 0.2) is 0 Å². The largest absolute Gasteiger partial charge is 0.252 e. The smallest absolute Gasteiger partial charge is 0.109 e. The van der Waals surface area contributed by atoms with Crippen LogP contribution in [0.25, 0.3) is 50.7 Å². The summed E-state index contributed by atoms with van der Waals surface area (Å²) in [5, 5.41) is 0. The molecule has 2 heterocycles. The van der Waals surface area contributed by atoms with Crippen molar-refractivity contribution in [3.63, 3.8) is 0 Å². The van der Waals surface area contributed by atoms with E-state index in [1.807, 2.05) is 97.1 Å². The van der Waals surface area contributed by atoms with E-state index < -0.39 is 0 Å². The van der Waals surface area contributed by atoms with Crippen LogP contribution in [0.3, 0.4) is 0 Å². The lowest BCUT2D eigenvalue weighted by Crippen LogP contribution is -2.01. The molecule has 0 N–H and O–H groups in total. The molecule has 0 saturated heterocycles. The lowest BCUT2D eigenvalue weighted by molar-refractivity contribution is 1.14. The van der Waals surface area contributed by atoms with Gasteiger partial charge < -0.3 is 0 Å². The van der Waals surface area contributed by atoms with Crippen molar-refractivity contribution in [3.05, 3.63) is 140 Å². The molecule has 4 nitrogen and oxygen atoms in total. The maximum Gasteiger partial charge on any atom is 0.109 e. The van der Waals surface area contributed by atoms with Crippen LogP contribution in [0.4, 0.5) is 0 Å². The fraction of sp³-hybridized carbons (Fsp3) is 0. The summed E-state index contributed by atoms with van der Waals surface area (Å²) in [6.45, 7) is 7.77. The molecular formula is C32H24N4. The number of hydrogen-bond acceptors (Lipinski definition) is 4. The molecule has 0 fully saturated rings. The number of allylic oxidation sites excluding steroid dienone is 4. The fourth-order valence-corrected chi connectivity index (χ4v) is 4.01. The summed E-state index contributed by atoms with van der Waals surface area (Å²) < 4.78 is 0. The molecule has 3 aromatic carbocycles. The Labute approximate surface area is 211 Å². The molecule has 36 heavy (non-hydrogen) atoms. The first-order valence-electron chi connectivity index (χ1n) is 11.6. The molecule has 0 aliphatic heterocycles. The number of rotatable bonds is 7. The van der Waals surface area contributed by atoms with E-state index >= 15 is 0 Å². The highest BCUT2D eigenvalue weighted by molar-refractivity contribution is 5.83. The number of aromatic nitrogens is 4. The maximum absolute atomic E-state index is 5.04. The molecule has 0 unspecified atom stereocenters. The summed E-state index contributed by atoms with van der Waals surface area (Å²) in [6, 6.07) is 30.2. The van der Waals surface area contributed by atoms with E-state index in [4.69, 9.17) is 19.9 Å². The first-order valence-corrected chi connectivity index (χ1v) is 11.6. The highest BCUT2D eigenvalue weighted by Gasteiger charge is 2.17. The number of nitrogens with zero attached hydrogens (tertiary/aromatic N) is 4. The average Bonchev–Trinajstić information content (AvgIpc) is 2.97. The zero-order chi connectivity index (χ0) is 24.7. The predicted octanol–water partition coefficient (Wildman–Crippen LogP) is 7.69. The van der Waals surface area contributed by atoms with Crippen molar-refractivity contribution in [2.75, 3.05) is 0 Å². The van der Waals surface area contributed by atoms with Gasteiger partial charge in [0.05, 0.1) is 35.2 Å².